The van der Waals surface area contributed by atoms with Gasteiger partial charge in [0.25, 0.3) is 5.91 Å². The highest BCUT2D eigenvalue weighted by Gasteiger charge is 2.41. The molecule has 0 saturated carbocycles. The number of unbranched alkanes of at least 4 members (excludes halogenated alkanes) is 1. The lowest BCUT2D eigenvalue weighted by atomic mass is 9.97. The number of carbonyl (C=O) groups excluding carboxylic acids is 2. The smallest absolute Gasteiger partial charge is 0.290 e. The van der Waals surface area contributed by atoms with Crippen LogP contribution in [-0.4, -0.2) is 28.2 Å². The number of ketones is 1. The van der Waals surface area contributed by atoms with Crippen LogP contribution in [0.3, 0.4) is 0 Å². The summed E-state index contributed by atoms with van der Waals surface area (Å²) in [5, 5.41) is 10.6. The van der Waals surface area contributed by atoms with Crippen molar-refractivity contribution in [3.63, 3.8) is 0 Å². The third-order valence-corrected chi connectivity index (χ3v) is 3.87. The molecular formula is C16H18ClNO3. The second-order valence-corrected chi connectivity index (χ2v) is 5.56. The van der Waals surface area contributed by atoms with Gasteiger partial charge in [-0.15, -0.1) is 0 Å². The van der Waals surface area contributed by atoms with Gasteiger partial charge in [0.05, 0.1) is 11.6 Å². The van der Waals surface area contributed by atoms with Crippen molar-refractivity contribution in [1.29, 1.82) is 0 Å². The summed E-state index contributed by atoms with van der Waals surface area (Å²) in [5.74, 6) is -1.20. The standard InChI is InChI=1S/C16H18ClNO3/c1-3-4-9-18-14(11-5-7-12(17)8-6-11)13(10(2)19)15(20)16(18)21/h5-8,14,20H,3-4,9H2,1-2H3/t14-/m0/s1. The zero-order valence-electron chi connectivity index (χ0n) is 12.1. The summed E-state index contributed by atoms with van der Waals surface area (Å²) in [6.07, 6.45) is 1.74. The molecule has 1 atom stereocenters. The molecule has 1 amide bonds. The highest BCUT2D eigenvalue weighted by Crippen LogP contribution is 2.38. The quantitative estimate of drug-likeness (QED) is 0.906. The highest BCUT2D eigenvalue weighted by atomic mass is 35.5. The van der Waals surface area contributed by atoms with Gasteiger partial charge in [0.15, 0.2) is 11.5 Å². The Hall–Kier alpha value is -1.81. The van der Waals surface area contributed by atoms with Crippen LogP contribution in [0.1, 0.15) is 38.3 Å². The highest BCUT2D eigenvalue weighted by molar-refractivity contribution is 6.30. The molecule has 21 heavy (non-hydrogen) atoms. The first kappa shape index (κ1) is 15.6. The molecule has 1 aromatic rings. The van der Waals surface area contributed by atoms with E-state index in [0.717, 1.165) is 18.4 Å². The summed E-state index contributed by atoms with van der Waals surface area (Å²) in [4.78, 5) is 25.6. The summed E-state index contributed by atoms with van der Waals surface area (Å²) in [6.45, 7) is 3.89. The van der Waals surface area contributed by atoms with Crippen molar-refractivity contribution in [2.75, 3.05) is 6.54 Å². The van der Waals surface area contributed by atoms with Gasteiger partial charge in [-0.05, 0) is 31.0 Å². The molecular weight excluding hydrogens is 290 g/mol. The number of halogens is 1. The maximum Gasteiger partial charge on any atom is 0.290 e. The number of benzene rings is 1. The zero-order valence-corrected chi connectivity index (χ0v) is 12.9. The second kappa shape index (κ2) is 6.31. The molecule has 0 radical (unpaired) electrons. The Kier molecular flexibility index (Phi) is 4.68. The molecule has 0 aromatic heterocycles. The number of Topliss-reactive ketones (excluding diaryl/α,β-unsaturated/α-hetero) is 1. The monoisotopic (exact) mass is 307 g/mol. The van der Waals surface area contributed by atoms with Crippen LogP contribution in [0.25, 0.3) is 0 Å². The first-order chi connectivity index (χ1) is 9.97. The van der Waals surface area contributed by atoms with Crippen molar-refractivity contribution < 1.29 is 14.7 Å². The Morgan fingerprint density at radius 2 is 1.95 bits per heavy atom. The molecule has 0 bridgehead atoms. The van der Waals surface area contributed by atoms with E-state index in [-0.39, 0.29) is 11.4 Å². The average Bonchev–Trinajstić information content (AvgIpc) is 2.70. The fourth-order valence-electron chi connectivity index (χ4n) is 2.56. The molecule has 0 saturated heterocycles. The molecule has 112 valence electrons. The lowest BCUT2D eigenvalue weighted by Crippen LogP contribution is -2.31. The third kappa shape index (κ3) is 2.95. The number of amides is 1. The van der Waals surface area contributed by atoms with Crippen LogP contribution in [0, 0.1) is 0 Å². The van der Waals surface area contributed by atoms with E-state index in [9.17, 15) is 14.7 Å². The lowest BCUT2D eigenvalue weighted by Gasteiger charge is -2.26. The Balaban J connectivity index is 2.46. The summed E-state index contributed by atoms with van der Waals surface area (Å²) in [7, 11) is 0. The normalized spacial score (nSPS) is 18.5. The van der Waals surface area contributed by atoms with Gasteiger partial charge in [0, 0.05) is 11.6 Å². The minimum absolute atomic E-state index is 0.165. The van der Waals surface area contributed by atoms with Crippen LogP contribution in [0.2, 0.25) is 5.02 Å². The van der Waals surface area contributed by atoms with Gasteiger partial charge in [0.2, 0.25) is 0 Å². The third-order valence-electron chi connectivity index (χ3n) is 3.62. The molecule has 1 heterocycles. The van der Waals surface area contributed by atoms with Gasteiger partial charge in [-0.1, -0.05) is 37.1 Å². The Bertz CT molecular complexity index is 592. The Morgan fingerprint density at radius 1 is 1.33 bits per heavy atom. The van der Waals surface area contributed by atoms with E-state index in [2.05, 4.69) is 0 Å². The van der Waals surface area contributed by atoms with Gasteiger partial charge in [-0.2, -0.15) is 0 Å². The van der Waals surface area contributed by atoms with Crippen molar-refractivity contribution in [2.45, 2.75) is 32.7 Å². The number of nitrogens with zero attached hydrogens (tertiary/aromatic N) is 1. The van der Waals surface area contributed by atoms with E-state index in [1.165, 1.54) is 6.92 Å². The summed E-state index contributed by atoms with van der Waals surface area (Å²) >= 11 is 5.89. The SMILES string of the molecule is CCCCN1C(=O)C(O)=C(C(C)=O)[C@@H]1c1ccc(Cl)cc1. The van der Waals surface area contributed by atoms with Gasteiger partial charge >= 0.3 is 0 Å². The zero-order chi connectivity index (χ0) is 15.6. The number of rotatable bonds is 5. The summed E-state index contributed by atoms with van der Waals surface area (Å²) in [5.41, 5.74) is 0.941. The molecule has 5 heteroatoms. The van der Waals surface area contributed by atoms with E-state index in [1.807, 2.05) is 6.92 Å². The number of hydrogen-bond donors (Lipinski definition) is 1. The second-order valence-electron chi connectivity index (χ2n) is 5.12. The maximum atomic E-state index is 12.2. The van der Waals surface area contributed by atoms with E-state index in [0.29, 0.717) is 11.6 Å². The van der Waals surface area contributed by atoms with Crippen LogP contribution in [0.15, 0.2) is 35.6 Å². The molecule has 1 aliphatic rings. The van der Waals surface area contributed by atoms with E-state index in [1.54, 1.807) is 29.2 Å². The fourth-order valence-corrected chi connectivity index (χ4v) is 2.69. The van der Waals surface area contributed by atoms with Crippen LogP contribution in [-0.2, 0) is 9.59 Å². The molecule has 0 aliphatic carbocycles. The van der Waals surface area contributed by atoms with Crippen molar-refractivity contribution in [1.82, 2.24) is 4.90 Å². The van der Waals surface area contributed by atoms with Gasteiger partial charge < -0.3 is 10.0 Å². The number of carbonyl (C=O) groups is 2. The summed E-state index contributed by atoms with van der Waals surface area (Å²) in [6, 6.07) is 6.46. The molecule has 0 unspecified atom stereocenters. The largest absolute Gasteiger partial charge is 0.503 e. The fraction of sp³-hybridized carbons (Fsp3) is 0.375. The van der Waals surface area contributed by atoms with Gasteiger partial charge in [-0.25, -0.2) is 0 Å². The molecule has 1 N–H and O–H groups in total. The Labute approximate surface area is 129 Å². The van der Waals surface area contributed by atoms with E-state index < -0.39 is 17.7 Å². The molecule has 2 rings (SSSR count). The minimum atomic E-state index is -0.529. The van der Waals surface area contributed by atoms with Crippen molar-refractivity contribution in [3.8, 4) is 0 Å². The summed E-state index contributed by atoms with van der Waals surface area (Å²) < 4.78 is 0. The first-order valence-electron chi connectivity index (χ1n) is 6.97. The predicted octanol–water partition coefficient (Wildman–Crippen LogP) is 3.42. The minimum Gasteiger partial charge on any atom is -0.503 e. The van der Waals surface area contributed by atoms with Crippen LogP contribution >= 0.6 is 11.6 Å². The molecule has 0 fully saturated rings. The average molecular weight is 308 g/mol. The van der Waals surface area contributed by atoms with Crippen LogP contribution < -0.4 is 0 Å². The van der Waals surface area contributed by atoms with Crippen LogP contribution in [0.4, 0.5) is 0 Å². The van der Waals surface area contributed by atoms with Crippen LogP contribution in [0.5, 0.6) is 0 Å². The van der Waals surface area contributed by atoms with E-state index in [4.69, 9.17) is 11.6 Å². The maximum absolute atomic E-state index is 12.2. The number of aliphatic hydroxyl groups excluding tert-OH is 1. The van der Waals surface area contributed by atoms with Crippen molar-refractivity contribution >= 4 is 23.3 Å². The molecule has 1 aliphatic heterocycles. The first-order valence-corrected chi connectivity index (χ1v) is 7.35. The Morgan fingerprint density at radius 3 is 2.48 bits per heavy atom. The van der Waals surface area contributed by atoms with Gasteiger partial charge in [-0.3, -0.25) is 9.59 Å². The number of aliphatic hydroxyl groups is 1. The van der Waals surface area contributed by atoms with Crippen molar-refractivity contribution in [2.24, 2.45) is 0 Å². The lowest BCUT2D eigenvalue weighted by molar-refractivity contribution is -0.129. The molecule has 1 aromatic carbocycles. The molecule has 4 nitrogen and oxygen atoms in total. The van der Waals surface area contributed by atoms with E-state index >= 15 is 0 Å². The van der Waals surface area contributed by atoms with Gasteiger partial charge in [0.1, 0.15) is 0 Å². The van der Waals surface area contributed by atoms with Crippen molar-refractivity contribution in [3.05, 3.63) is 46.2 Å². The predicted molar refractivity (Wildman–Crippen MR) is 81.1 cm³/mol. The topological polar surface area (TPSA) is 57.6 Å². The molecule has 0 spiro atoms. The number of hydrogen-bond acceptors (Lipinski definition) is 3.